The van der Waals surface area contributed by atoms with Gasteiger partial charge >= 0.3 is 17.8 Å². The molecule has 0 unspecified atom stereocenters. The topological polar surface area (TPSA) is 90.8 Å². The first kappa shape index (κ1) is 21.0. The van der Waals surface area contributed by atoms with Gasteiger partial charge in [0.2, 0.25) is 0 Å². The number of esters is 1. The third-order valence-electron chi connectivity index (χ3n) is 3.64. The van der Waals surface area contributed by atoms with Gasteiger partial charge in [0.1, 0.15) is 5.75 Å². The average Bonchev–Trinajstić information content (AvgIpc) is 2.65. The molecule has 0 spiro atoms. The van der Waals surface area contributed by atoms with Crippen molar-refractivity contribution in [1.29, 1.82) is 0 Å². The zero-order valence-electron chi connectivity index (χ0n) is 15.1. The van der Waals surface area contributed by atoms with Gasteiger partial charge in [0, 0.05) is 6.07 Å². The number of ether oxygens (including phenoxy) is 2. The van der Waals surface area contributed by atoms with Crippen molar-refractivity contribution in [2.75, 3.05) is 19.0 Å². The van der Waals surface area contributed by atoms with Crippen LogP contribution in [-0.4, -0.2) is 37.4 Å². The van der Waals surface area contributed by atoms with E-state index in [1.807, 2.05) is 5.32 Å². The molecule has 1 heterocycles. The Hall–Kier alpha value is -3.30. The van der Waals surface area contributed by atoms with Crippen molar-refractivity contribution < 1.29 is 37.2 Å². The van der Waals surface area contributed by atoms with Gasteiger partial charge in [0.25, 0.3) is 11.7 Å². The molecule has 7 nitrogen and oxygen atoms in total. The lowest BCUT2D eigenvalue weighted by Gasteiger charge is -2.30. The number of amides is 1. The summed E-state index contributed by atoms with van der Waals surface area (Å²) < 4.78 is 51.1. The molecule has 0 fully saturated rings. The van der Waals surface area contributed by atoms with Gasteiger partial charge in [-0.2, -0.15) is 13.2 Å². The molecule has 0 aliphatic heterocycles. The molecule has 10 heteroatoms. The molecule has 1 aromatic carbocycles. The standard InChI is InChI=1S/C18H18F3N3O4/c1-12-8-9-22-14(10-12)23-17(16(26)27-2,18(19,20)21)24-15(25)11-28-13-6-4-3-5-7-13/h3-10H,11H2,1-2H3,(H,22,23)(H,24,25)/p+1/t17-/m1/s1. The molecule has 1 aromatic heterocycles. The monoisotopic (exact) mass is 398 g/mol. The minimum Gasteiger partial charge on any atom is -0.484 e. The number of rotatable bonds is 7. The average molecular weight is 398 g/mol. The minimum absolute atomic E-state index is 0.146. The Labute approximate surface area is 158 Å². The fraction of sp³-hybridized carbons (Fsp3) is 0.278. The third-order valence-corrected chi connectivity index (χ3v) is 3.64. The highest BCUT2D eigenvalue weighted by atomic mass is 19.4. The number of methoxy groups -OCH3 is 1. The van der Waals surface area contributed by atoms with E-state index in [4.69, 9.17) is 4.74 Å². The van der Waals surface area contributed by atoms with Crippen LogP contribution < -0.4 is 20.4 Å². The Balaban J connectivity index is 2.28. The normalized spacial score (nSPS) is 13.2. The van der Waals surface area contributed by atoms with Gasteiger partial charge in [-0.15, -0.1) is 0 Å². The van der Waals surface area contributed by atoms with Crippen LogP contribution in [0.2, 0.25) is 0 Å². The number of anilines is 1. The Morgan fingerprint density at radius 2 is 1.82 bits per heavy atom. The molecule has 1 atom stereocenters. The largest absolute Gasteiger partial charge is 0.484 e. The summed E-state index contributed by atoms with van der Waals surface area (Å²) in [5, 5.41) is 3.68. The van der Waals surface area contributed by atoms with Crippen molar-refractivity contribution in [3.63, 3.8) is 0 Å². The van der Waals surface area contributed by atoms with Gasteiger partial charge in [-0.1, -0.05) is 18.2 Å². The number of carbonyl (C=O) groups is 2. The number of carbonyl (C=O) groups excluding carboxylic acids is 2. The van der Waals surface area contributed by atoms with E-state index in [0.717, 1.165) is 7.11 Å². The Morgan fingerprint density at radius 3 is 2.39 bits per heavy atom. The van der Waals surface area contributed by atoms with Crippen LogP contribution in [0.5, 0.6) is 5.75 Å². The van der Waals surface area contributed by atoms with Gasteiger partial charge in [-0.25, -0.2) is 15.1 Å². The zero-order valence-corrected chi connectivity index (χ0v) is 15.1. The summed E-state index contributed by atoms with van der Waals surface area (Å²) in [6.07, 6.45) is -3.84. The van der Waals surface area contributed by atoms with Gasteiger partial charge in [-0.3, -0.25) is 10.1 Å². The van der Waals surface area contributed by atoms with Crippen LogP contribution in [0.4, 0.5) is 19.0 Å². The highest BCUT2D eigenvalue weighted by Gasteiger charge is 2.67. The number of aromatic amines is 1. The van der Waals surface area contributed by atoms with Crippen LogP contribution in [0.15, 0.2) is 48.7 Å². The minimum atomic E-state index is -5.22. The molecule has 2 aromatic rings. The Kier molecular flexibility index (Phi) is 6.45. The van der Waals surface area contributed by atoms with E-state index in [2.05, 4.69) is 9.72 Å². The number of nitrogens with one attached hydrogen (secondary N) is 3. The number of halogens is 3. The number of H-pyrrole nitrogens is 1. The van der Waals surface area contributed by atoms with Crippen LogP contribution in [0.3, 0.4) is 0 Å². The van der Waals surface area contributed by atoms with Crippen molar-refractivity contribution in [1.82, 2.24) is 5.32 Å². The quantitative estimate of drug-likeness (QED) is 0.549. The summed E-state index contributed by atoms with van der Waals surface area (Å²) in [7, 11) is 0.789. The highest BCUT2D eigenvalue weighted by Crippen LogP contribution is 2.32. The highest BCUT2D eigenvalue weighted by molar-refractivity contribution is 5.91. The predicted molar refractivity (Wildman–Crippen MR) is 92.2 cm³/mol. The number of benzene rings is 1. The summed E-state index contributed by atoms with van der Waals surface area (Å²) in [5.41, 5.74) is -2.88. The molecular weight excluding hydrogens is 379 g/mol. The first-order valence-corrected chi connectivity index (χ1v) is 8.08. The molecule has 0 radical (unpaired) electrons. The molecule has 150 valence electrons. The lowest BCUT2D eigenvalue weighted by molar-refractivity contribution is -0.363. The van der Waals surface area contributed by atoms with E-state index in [1.165, 1.54) is 24.4 Å². The number of hydrogen-bond acceptors (Lipinski definition) is 5. The molecule has 0 aliphatic carbocycles. The van der Waals surface area contributed by atoms with Gasteiger partial charge < -0.3 is 9.47 Å². The SMILES string of the molecule is COC(=O)[C@](NC(=O)COc1ccccc1)(Nc1cc(C)cc[nH+]1)C(F)(F)F. The van der Waals surface area contributed by atoms with Gasteiger partial charge in [0.05, 0.1) is 13.3 Å². The number of hydrogen-bond donors (Lipinski definition) is 2. The van der Waals surface area contributed by atoms with E-state index in [1.54, 1.807) is 36.5 Å². The predicted octanol–water partition coefficient (Wildman–Crippen LogP) is 1.85. The molecular formula is C18H19F3N3O4+. The molecule has 0 saturated heterocycles. The van der Waals surface area contributed by atoms with Crippen molar-refractivity contribution in [3.8, 4) is 5.75 Å². The Bertz CT molecular complexity index is 830. The maximum atomic E-state index is 13.9. The number of alkyl halides is 3. The lowest BCUT2D eigenvalue weighted by Crippen LogP contribution is -2.70. The second-order valence-electron chi connectivity index (χ2n) is 5.79. The van der Waals surface area contributed by atoms with E-state index in [9.17, 15) is 22.8 Å². The molecule has 3 N–H and O–H groups in total. The van der Waals surface area contributed by atoms with Crippen LogP contribution >= 0.6 is 0 Å². The first-order valence-electron chi connectivity index (χ1n) is 8.08. The lowest BCUT2D eigenvalue weighted by atomic mass is 10.1. The molecule has 0 saturated carbocycles. The third kappa shape index (κ3) is 4.90. The summed E-state index contributed by atoms with van der Waals surface area (Å²) in [5.74, 6) is -2.77. The summed E-state index contributed by atoms with van der Waals surface area (Å²) >= 11 is 0. The summed E-state index contributed by atoms with van der Waals surface area (Å²) in [6, 6.07) is 11.0. The van der Waals surface area contributed by atoms with Crippen LogP contribution in [0, 0.1) is 6.92 Å². The van der Waals surface area contributed by atoms with E-state index < -0.39 is 30.3 Å². The second-order valence-corrected chi connectivity index (χ2v) is 5.79. The van der Waals surface area contributed by atoms with E-state index in [0.29, 0.717) is 5.56 Å². The van der Waals surface area contributed by atoms with Crippen LogP contribution in [-0.2, 0) is 14.3 Å². The molecule has 2 rings (SSSR count). The number of aromatic nitrogens is 1. The molecule has 0 bridgehead atoms. The van der Waals surface area contributed by atoms with Crippen molar-refractivity contribution in [2.45, 2.75) is 18.8 Å². The fourth-order valence-corrected chi connectivity index (χ4v) is 2.31. The smallest absolute Gasteiger partial charge is 0.464 e. The first-order chi connectivity index (χ1) is 13.2. The maximum Gasteiger partial charge on any atom is 0.464 e. The maximum absolute atomic E-state index is 13.9. The van der Waals surface area contributed by atoms with Gasteiger partial charge in [0.15, 0.2) is 6.61 Å². The van der Waals surface area contributed by atoms with Gasteiger partial charge in [-0.05, 0) is 30.7 Å². The van der Waals surface area contributed by atoms with Crippen LogP contribution in [0.1, 0.15) is 5.56 Å². The molecule has 1 amide bonds. The molecule has 28 heavy (non-hydrogen) atoms. The number of aryl methyl sites for hydroxylation is 1. The van der Waals surface area contributed by atoms with Crippen LogP contribution in [0.25, 0.3) is 0 Å². The summed E-state index contributed by atoms with van der Waals surface area (Å²) in [6.45, 7) is 0.913. The summed E-state index contributed by atoms with van der Waals surface area (Å²) in [4.78, 5) is 26.8. The van der Waals surface area contributed by atoms with E-state index >= 15 is 0 Å². The van der Waals surface area contributed by atoms with Crippen molar-refractivity contribution in [2.24, 2.45) is 0 Å². The Morgan fingerprint density at radius 1 is 1.14 bits per heavy atom. The zero-order chi connectivity index (χ0) is 20.8. The molecule has 0 aliphatic rings. The number of para-hydroxylation sites is 1. The van der Waals surface area contributed by atoms with E-state index in [-0.39, 0.29) is 11.6 Å². The fourth-order valence-electron chi connectivity index (χ4n) is 2.31. The second kappa shape index (κ2) is 8.59. The van der Waals surface area contributed by atoms with Crippen molar-refractivity contribution >= 4 is 17.7 Å². The van der Waals surface area contributed by atoms with Crippen molar-refractivity contribution in [3.05, 3.63) is 54.2 Å². The number of pyridine rings is 1.